The van der Waals surface area contributed by atoms with Crippen molar-refractivity contribution < 1.29 is 19.5 Å². The third kappa shape index (κ3) is 4.22. The first-order valence-electron chi connectivity index (χ1n) is 3.44. The van der Waals surface area contributed by atoms with Gasteiger partial charge in [0.15, 0.2) is 0 Å². The molecule has 0 bridgehead atoms. The van der Waals surface area contributed by atoms with Crippen molar-refractivity contribution in [1.82, 2.24) is 0 Å². The van der Waals surface area contributed by atoms with E-state index < -0.39 is 0 Å². The van der Waals surface area contributed by atoms with Crippen LogP contribution in [-0.2, 0) is 25.9 Å². The summed E-state index contributed by atoms with van der Waals surface area (Å²) >= 11 is 2.40. The van der Waals surface area contributed by atoms with E-state index in [1.165, 1.54) is 22.0 Å². The maximum atomic E-state index is 2.40. The molecule has 1 aromatic carbocycles. The van der Waals surface area contributed by atoms with Crippen molar-refractivity contribution in [2.75, 3.05) is 4.43 Å². The molecule has 0 saturated heterocycles. The van der Waals surface area contributed by atoms with E-state index in [0.29, 0.717) is 0 Å². The Kier molecular flexibility index (Phi) is 6.45. The molecule has 54 valence electrons. The van der Waals surface area contributed by atoms with Crippen LogP contribution in [0.15, 0.2) is 24.3 Å². The Bertz CT molecular complexity index is 210. The van der Waals surface area contributed by atoms with Crippen molar-refractivity contribution >= 4 is 22.6 Å². The van der Waals surface area contributed by atoms with Crippen molar-refractivity contribution in [1.29, 1.82) is 0 Å². The number of rotatable bonds is 2. The van der Waals surface area contributed by atoms with E-state index in [-0.39, 0.29) is 19.5 Å². The molecule has 0 saturated carbocycles. The summed E-state index contributed by atoms with van der Waals surface area (Å²) in [6, 6.07) is 8.69. The Morgan fingerprint density at radius 1 is 1.36 bits per heavy atom. The molecule has 0 amide bonds. The Balaban J connectivity index is 0.000001000. The van der Waals surface area contributed by atoms with Gasteiger partial charge < -0.3 is 0 Å². The van der Waals surface area contributed by atoms with Crippen LogP contribution in [0.25, 0.3) is 0 Å². The summed E-state index contributed by atoms with van der Waals surface area (Å²) < 4.78 is 1.21. The summed E-state index contributed by atoms with van der Waals surface area (Å²) in [5.74, 6) is 0. The van der Waals surface area contributed by atoms with E-state index in [0.717, 1.165) is 0 Å². The molecular formula is C9H11IZn+2. The molecule has 0 fully saturated rings. The number of benzene rings is 1. The molecule has 0 unspecified atom stereocenters. The smallest absolute Gasteiger partial charge is 0.0860 e. The van der Waals surface area contributed by atoms with Crippen LogP contribution < -0.4 is 0 Å². The Morgan fingerprint density at radius 3 is 2.64 bits per heavy atom. The van der Waals surface area contributed by atoms with Crippen molar-refractivity contribution in [3.8, 4) is 0 Å². The van der Waals surface area contributed by atoms with Gasteiger partial charge in [-0.2, -0.15) is 0 Å². The summed E-state index contributed by atoms with van der Waals surface area (Å²) in [4.78, 5) is 0. The summed E-state index contributed by atoms with van der Waals surface area (Å²) in [7, 11) is 0. The van der Waals surface area contributed by atoms with Gasteiger partial charge in [-0.3, -0.25) is 0 Å². The fourth-order valence-corrected chi connectivity index (χ4v) is 1.60. The van der Waals surface area contributed by atoms with E-state index in [2.05, 4.69) is 53.8 Å². The molecule has 0 aliphatic heterocycles. The van der Waals surface area contributed by atoms with Crippen LogP contribution in [-0.4, -0.2) is 4.43 Å². The van der Waals surface area contributed by atoms with E-state index in [4.69, 9.17) is 0 Å². The van der Waals surface area contributed by atoms with Crippen LogP contribution in [0.1, 0.15) is 11.1 Å². The third-order valence-electron chi connectivity index (χ3n) is 1.47. The zero-order chi connectivity index (χ0) is 7.40. The standard InChI is InChI=1S/C9H11I.Zn/c1-8-3-2-4-9(7-8)5-6-10;/h2-4,7H,5-6H2,1H3;/q;+2. The molecule has 0 aliphatic rings. The molecule has 0 heterocycles. The van der Waals surface area contributed by atoms with Gasteiger partial charge in [-0.05, 0) is 18.9 Å². The van der Waals surface area contributed by atoms with E-state index in [9.17, 15) is 0 Å². The van der Waals surface area contributed by atoms with Crippen LogP contribution in [0, 0.1) is 6.92 Å². The fraction of sp³-hybridized carbons (Fsp3) is 0.333. The normalized spacial score (nSPS) is 8.91. The van der Waals surface area contributed by atoms with Gasteiger partial charge in [0, 0.05) is 4.43 Å². The molecule has 0 radical (unpaired) electrons. The molecule has 1 aromatic rings. The molecule has 0 spiro atoms. The van der Waals surface area contributed by atoms with Gasteiger partial charge in [-0.15, -0.1) is 0 Å². The molecule has 0 aliphatic carbocycles. The third-order valence-corrected chi connectivity index (χ3v) is 2.01. The minimum Gasteiger partial charge on any atom is -0.0860 e. The van der Waals surface area contributed by atoms with Crippen molar-refractivity contribution in [3.63, 3.8) is 0 Å². The molecule has 0 aromatic heterocycles. The van der Waals surface area contributed by atoms with Gasteiger partial charge in [0.1, 0.15) is 0 Å². The minimum atomic E-state index is 0. The van der Waals surface area contributed by atoms with E-state index >= 15 is 0 Å². The predicted molar refractivity (Wildman–Crippen MR) is 53.8 cm³/mol. The topological polar surface area (TPSA) is 0 Å². The maximum absolute atomic E-state index is 2.40. The van der Waals surface area contributed by atoms with Crippen LogP contribution in [0.4, 0.5) is 0 Å². The van der Waals surface area contributed by atoms with Gasteiger partial charge in [0.2, 0.25) is 0 Å². The number of alkyl halides is 1. The molecule has 11 heavy (non-hydrogen) atoms. The van der Waals surface area contributed by atoms with Gasteiger partial charge in [-0.1, -0.05) is 52.4 Å². The zero-order valence-electron chi connectivity index (χ0n) is 6.81. The van der Waals surface area contributed by atoms with E-state index in [1.54, 1.807) is 0 Å². The van der Waals surface area contributed by atoms with E-state index in [1.807, 2.05) is 0 Å². The SMILES string of the molecule is Cc1cccc(CCI)c1.[Zn+2]. The number of hydrogen-bond donors (Lipinski definition) is 0. The van der Waals surface area contributed by atoms with Crippen molar-refractivity contribution in [3.05, 3.63) is 35.4 Å². The van der Waals surface area contributed by atoms with Crippen LogP contribution in [0.3, 0.4) is 0 Å². The summed E-state index contributed by atoms with van der Waals surface area (Å²) in [6.45, 7) is 2.14. The average molecular weight is 311 g/mol. The summed E-state index contributed by atoms with van der Waals surface area (Å²) in [6.07, 6.45) is 1.20. The Hall–Kier alpha value is 0.573. The van der Waals surface area contributed by atoms with Gasteiger partial charge >= 0.3 is 19.5 Å². The van der Waals surface area contributed by atoms with Crippen molar-refractivity contribution in [2.24, 2.45) is 0 Å². The summed E-state index contributed by atoms with van der Waals surface area (Å²) in [5, 5.41) is 0. The maximum Gasteiger partial charge on any atom is 2.00 e. The number of halogens is 1. The Morgan fingerprint density at radius 2 is 2.09 bits per heavy atom. The van der Waals surface area contributed by atoms with Gasteiger partial charge in [0.25, 0.3) is 0 Å². The Labute approximate surface area is 94.7 Å². The molecule has 0 N–H and O–H groups in total. The van der Waals surface area contributed by atoms with Crippen LogP contribution in [0.2, 0.25) is 0 Å². The largest absolute Gasteiger partial charge is 2.00 e. The zero-order valence-corrected chi connectivity index (χ0v) is 11.9. The number of hydrogen-bond acceptors (Lipinski definition) is 0. The monoisotopic (exact) mass is 310 g/mol. The predicted octanol–water partition coefficient (Wildman–Crippen LogP) is 2.97. The molecular weight excluding hydrogens is 300 g/mol. The molecule has 2 heteroatoms. The van der Waals surface area contributed by atoms with Gasteiger partial charge in [0.05, 0.1) is 0 Å². The van der Waals surface area contributed by atoms with Gasteiger partial charge in [-0.25, -0.2) is 0 Å². The minimum absolute atomic E-state index is 0. The first-order chi connectivity index (χ1) is 4.83. The van der Waals surface area contributed by atoms with Crippen molar-refractivity contribution in [2.45, 2.75) is 13.3 Å². The fourth-order valence-electron chi connectivity index (χ4n) is 0.977. The molecule has 0 nitrogen and oxygen atoms in total. The van der Waals surface area contributed by atoms with Crippen LogP contribution in [0.5, 0.6) is 0 Å². The summed E-state index contributed by atoms with van der Waals surface area (Å²) in [5.41, 5.74) is 2.82. The average Bonchev–Trinajstić information content (AvgIpc) is 1.88. The number of aryl methyl sites for hydroxylation is 2. The quantitative estimate of drug-likeness (QED) is 0.447. The molecule has 1 rings (SSSR count). The first-order valence-corrected chi connectivity index (χ1v) is 4.97. The molecule has 0 atom stereocenters. The second kappa shape index (κ2) is 6.13. The second-order valence-electron chi connectivity index (χ2n) is 2.43. The first kappa shape index (κ1) is 11.6. The van der Waals surface area contributed by atoms with Crippen LogP contribution >= 0.6 is 22.6 Å². The second-order valence-corrected chi connectivity index (χ2v) is 3.51.